The summed E-state index contributed by atoms with van der Waals surface area (Å²) >= 11 is 0. The molecule has 0 saturated carbocycles. The van der Waals surface area contributed by atoms with Crippen LogP contribution in [0.4, 0.5) is 0 Å². The number of nitrogens with two attached hydrogens (primary N) is 3. The Labute approximate surface area is 357 Å². The molecule has 9 amide bonds. The van der Waals surface area contributed by atoms with Crippen molar-refractivity contribution in [2.24, 2.45) is 29.0 Å². The highest BCUT2D eigenvalue weighted by molar-refractivity contribution is 5.98. The summed E-state index contributed by atoms with van der Waals surface area (Å²) in [7, 11) is 0. The molecule has 0 aliphatic heterocycles. The molecule has 17 N–H and O–H groups in total. The van der Waals surface area contributed by atoms with Crippen LogP contribution in [0.15, 0.2) is 12.5 Å². The van der Waals surface area contributed by atoms with E-state index in [4.69, 9.17) is 17.2 Å². The third kappa shape index (κ3) is 18.6. The lowest BCUT2D eigenvalue weighted by molar-refractivity contribution is -0.142. The number of H-pyrrole nitrogens is 1. The molecule has 0 radical (unpaired) electrons. The van der Waals surface area contributed by atoms with Gasteiger partial charge in [-0.1, -0.05) is 34.1 Å². The smallest absolute Gasteiger partial charge is 0.326 e. The molecule has 0 bridgehead atoms. The zero-order valence-corrected chi connectivity index (χ0v) is 35.6. The predicted octanol–water partition coefficient (Wildman–Crippen LogP) is -5.62. The van der Waals surface area contributed by atoms with Gasteiger partial charge in [0.05, 0.1) is 31.5 Å². The van der Waals surface area contributed by atoms with Crippen molar-refractivity contribution >= 4 is 59.1 Å². The number of nitrogens with zero attached hydrogens (tertiary/aromatic N) is 1. The van der Waals surface area contributed by atoms with Gasteiger partial charge in [-0.2, -0.15) is 0 Å². The van der Waals surface area contributed by atoms with Crippen LogP contribution in [0.25, 0.3) is 0 Å². The number of carboxylic acid groups (broad SMARTS) is 1. The average molecular weight is 883 g/mol. The van der Waals surface area contributed by atoms with Crippen molar-refractivity contribution in [3.05, 3.63) is 18.2 Å². The highest BCUT2D eigenvalue weighted by Crippen LogP contribution is 2.12. The number of aromatic nitrogens is 2. The van der Waals surface area contributed by atoms with Crippen LogP contribution in [0, 0.1) is 11.8 Å². The van der Waals surface area contributed by atoms with Crippen molar-refractivity contribution in [1.29, 1.82) is 0 Å². The largest absolute Gasteiger partial charge is 0.480 e. The first kappa shape index (κ1) is 53.8. The Kier molecular flexibility index (Phi) is 22.7. The molecule has 25 nitrogen and oxygen atoms in total. The summed E-state index contributed by atoms with van der Waals surface area (Å²) in [5, 5.41) is 46.8. The first-order chi connectivity index (χ1) is 28.9. The normalized spacial score (nSPS) is 16.0. The summed E-state index contributed by atoms with van der Waals surface area (Å²) in [6.45, 7) is 8.16. The summed E-state index contributed by atoms with van der Waals surface area (Å²) in [6, 6.07) is -11.8. The maximum Gasteiger partial charge on any atom is 0.326 e. The highest BCUT2D eigenvalue weighted by Gasteiger charge is 2.36. The number of primary amides is 2. The summed E-state index contributed by atoms with van der Waals surface area (Å²) in [5.41, 5.74) is 16.2. The minimum atomic E-state index is -1.70. The van der Waals surface area contributed by atoms with Gasteiger partial charge in [0, 0.05) is 24.7 Å². The van der Waals surface area contributed by atoms with Crippen molar-refractivity contribution in [3.63, 3.8) is 0 Å². The van der Waals surface area contributed by atoms with E-state index in [1.807, 2.05) is 0 Å². The number of carboxylic acids is 1. The number of hydrogen-bond acceptors (Lipinski definition) is 14. The summed E-state index contributed by atoms with van der Waals surface area (Å²) < 4.78 is 0. The second kappa shape index (κ2) is 26.2. The Morgan fingerprint density at radius 1 is 0.694 bits per heavy atom. The van der Waals surface area contributed by atoms with Crippen LogP contribution in [0.2, 0.25) is 0 Å². The van der Waals surface area contributed by atoms with E-state index in [9.17, 15) is 63.3 Å². The molecule has 62 heavy (non-hydrogen) atoms. The fourth-order valence-corrected chi connectivity index (χ4v) is 5.67. The van der Waals surface area contributed by atoms with Gasteiger partial charge in [-0.3, -0.25) is 43.2 Å². The van der Waals surface area contributed by atoms with Gasteiger partial charge in [-0.25, -0.2) is 9.78 Å². The molecule has 0 aromatic carbocycles. The van der Waals surface area contributed by atoms with E-state index in [0.29, 0.717) is 12.1 Å². The molecule has 0 unspecified atom stereocenters. The maximum atomic E-state index is 13.8. The topological polar surface area (TPSA) is 422 Å². The Bertz CT molecular complexity index is 1730. The van der Waals surface area contributed by atoms with Gasteiger partial charge in [0.25, 0.3) is 0 Å². The second-order valence-electron chi connectivity index (χ2n) is 15.3. The lowest BCUT2D eigenvalue weighted by Crippen LogP contribution is -2.62. The van der Waals surface area contributed by atoms with Gasteiger partial charge in [0.2, 0.25) is 53.2 Å². The van der Waals surface area contributed by atoms with Gasteiger partial charge in [0.15, 0.2) is 0 Å². The van der Waals surface area contributed by atoms with Gasteiger partial charge in [-0.05, 0) is 38.5 Å². The van der Waals surface area contributed by atoms with E-state index in [1.54, 1.807) is 27.7 Å². The Hall–Kier alpha value is -6.21. The lowest BCUT2D eigenvalue weighted by atomic mass is 9.97. The summed E-state index contributed by atoms with van der Waals surface area (Å²) in [6.07, 6.45) is 0.00626. The van der Waals surface area contributed by atoms with Gasteiger partial charge in [-0.15, -0.1) is 0 Å². The van der Waals surface area contributed by atoms with E-state index in [2.05, 4.69) is 47.2 Å². The summed E-state index contributed by atoms with van der Waals surface area (Å²) in [5.74, 6) is -10.7. The Balaban J connectivity index is 3.23. The van der Waals surface area contributed by atoms with E-state index in [1.165, 1.54) is 26.4 Å². The molecule has 10 atom stereocenters. The number of aliphatic hydroxyl groups is 2. The number of imidazole rings is 1. The fourth-order valence-electron chi connectivity index (χ4n) is 5.67. The van der Waals surface area contributed by atoms with Crippen LogP contribution >= 0.6 is 0 Å². The highest BCUT2D eigenvalue weighted by atomic mass is 16.4. The molecule has 0 saturated heterocycles. The van der Waals surface area contributed by atoms with Crippen molar-refractivity contribution in [3.8, 4) is 0 Å². The SMILES string of the molecule is CC[C@H](C)[C@H](NC(=O)[C@H](CO)NC(=O)[C@H](CC(C)C)NC(=O)[C@@H](NC(=O)[C@H](C)NC(=O)[C@@H](N)CC(N)=O)[C@@H](C)O)C(=O)N[C@@H](Cc1cnc[nH]1)C(=O)N[C@@H](CCC(N)=O)C(=O)O. The van der Waals surface area contributed by atoms with Crippen LogP contribution in [0.5, 0.6) is 0 Å². The number of carbonyl (C=O) groups is 10. The first-order valence-electron chi connectivity index (χ1n) is 19.9. The molecular weight excluding hydrogens is 820 g/mol. The fraction of sp³-hybridized carbons (Fsp3) is 0.649. The minimum Gasteiger partial charge on any atom is -0.480 e. The molecule has 1 rings (SSSR count). The Morgan fingerprint density at radius 3 is 1.73 bits per heavy atom. The number of hydrogen-bond donors (Lipinski definition) is 14. The van der Waals surface area contributed by atoms with Crippen molar-refractivity contribution in [2.45, 2.75) is 135 Å². The van der Waals surface area contributed by atoms with Crippen molar-refractivity contribution in [2.75, 3.05) is 6.61 Å². The molecular formula is C37H62N12O13. The molecule has 25 heteroatoms. The summed E-state index contributed by atoms with van der Waals surface area (Å²) in [4.78, 5) is 134. The monoisotopic (exact) mass is 882 g/mol. The minimum absolute atomic E-state index is 0.0367. The van der Waals surface area contributed by atoms with Crippen molar-refractivity contribution in [1.82, 2.24) is 47.2 Å². The van der Waals surface area contributed by atoms with Gasteiger partial charge < -0.3 is 74.7 Å². The van der Waals surface area contributed by atoms with Crippen LogP contribution in [-0.4, -0.2) is 145 Å². The maximum absolute atomic E-state index is 13.8. The van der Waals surface area contributed by atoms with Gasteiger partial charge in [0.1, 0.15) is 42.3 Å². The van der Waals surface area contributed by atoms with E-state index in [0.717, 1.165) is 0 Å². The van der Waals surface area contributed by atoms with Crippen LogP contribution in [-0.2, 0) is 54.4 Å². The quantitative estimate of drug-likeness (QED) is 0.0373. The van der Waals surface area contributed by atoms with Crippen molar-refractivity contribution < 1.29 is 63.3 Å². The number of aliphatic carboxylic acids is 1. The number of nitrogens with one attached hydrogen (secondary N) is 8. The number of amides is 9. The molecule has 1 aromatic rings. The number of carbonyl (C=O) groups excluding carboxylic acids is 9. The van der Waals surface area contributed by atoms with E-state index < -0.39 is 133 Å². The van der Waals surface area contributed by atoms with E-state index in [-0.39, 0.29) is 31.6 Å². The molecule has 1 heterocycles. The number of rotatable bonds is 28. The third-order valence-corrected chi connectivity index (χ3v) is 9.43. The number of aromatic amines is 1. The predicted molar refractivity (Wildman–Crippen MR) is 217 cm³/mol. The molecule has 0 fully saturated rings. The van der Waals surface area contributed by atoms with Gasteiger partial charge >= 0.3 is 5.97 Å². The van der Waals surface area contributed by atoms with Crippen LogP contribution in [0.1, 0.15) is 79.3 Å². The number of aliphatic hydroxyl groups excluding tert-OH is 2. The third-order valence-electron chi connectivity index (χ3n) is 9.43. The lowest BCUT2D eigenvalue weighted by Gasteiger charge is -2.29. The molecule has 348 valence electrons. The molecule has 1 aromatic heterocycles. The molecule has 0 aliphatic carbocycles. The Morgan fingerprint density at radius 2 is 1.23 bits per heavy atom. The standard InChI is InChI=1S/C37H62N12O13/c1-7-17(4)28(35(59)46-24(11-20-13-41-15-42-20)33(57)44-22(37(61)62)8-9-26(39)52)48-34(58)25(14-50)47-32(56)23(10-16(2)3)45-36(60)29(19(6)51)49-30(54)18(5)43-31(55)21(38)12-27(40)53/h13,15-19,21-25,28-29,50-51H,7-12,14,38H2,1-6H3,(H2,39,52)(H2,40,53)(H,41,42)(H,43,55)(H,44,57)(H,45,60)(H,46,59)(H,47,56)(H,48,58)(H,49,54)(H,61,62)/t17-,18-,19+,21-,22-,23-,24-,25-,28-,29-/m0/s1. The molecule has 0 aliphatic rings. The average Bonchev–Trinajstić information content (AvgIpc) is 3.70. The molecule has 0 spiro atoms. The van der Waals surface area contributed by atoms with Crippen LogP contribution in [0.3, 0.4) is 0 Å². The van der Waals surface area contributed by atoms with E-state index >= 15 is 0 Å². The first-order valence-corrected chi connectivity index (χ1v) is 19.9. The second-order valence-corrected chi connectivity index (χ2v) is 15.3. The zero-order valence-electron chi connectivity index (χ0n) is 35.6. The van der Waals surface area contributed by atoms with Crippen LogP contribution < -0.4 is 54.4 Å². The zero-order chi connectivity index (χ0) is 47.4.